The molecule has 1 aromatic heterocycles. The Balaban J connectivity index is 1.74. The van der Waals surface area contributed by atoms with Crippen LogP contribution in [-0.4, -0.2) is 42.8 Å². The molecule has 0 radical (unpaired) electrons. The van der Waals surface area contributed by atoms with Crippen LogP contribution in [-0.2, 0) is 12.8 Å². The van der Waals surface area contributed by atoms with E-state index in [4.69, 9.17) is 18.9 Å². The summed E-state index contributed by atoms with van der Waals surface area (Å²) in [7, 11) is 5.22. The van der Waals surface area contributed by atoms with Crippen LogP contribution in [0.5, 0.6) is 17.2 Å². The molecule has 1 aliphatic carbocycles. The molecule has 0 saturated carbocycles. The van der Waals surface area contributed by atoms with Crippen molar-refractivity contribution in [1.82, 2.24) is 9.88 Å². The zero-order valence-electron chi connectivity index (χ0n) is 19.2. The minimum Gasteiger partial charge on any atom is -0.504 e. The molecule has 0 bridgehead atoms. The predicted molar refractivity (Wildman–Crippen MR) is 129 cm³/mol. The molecule has 0 fully saturated rings. The van der Waals surface area contributed by atoms with Gasteiger partial charge in [0.15, 0.2) is 28.5 Å². The lowest BCUT2D eigenvalue weighted by atomic mass is 9.76. The highest BCUT2D eigenvalue weighted by Gasteiger charge is 2.38. The summed E-state index contributed by atoms with van der Waals surface area (Å²) in [6, 6.07) is 13.1. The van der Waals surface area contributed by atoms with E-state index in [2.05, 4.69) is 11.9 Å². The summed E-state index contributed by atoms with van der Waals surface area (Å²) >= 11 is 0. The van der Waals surface area contributed by atoms with E-state index in [1.165, 1.54) is 0 Å². The lowest BCUT2D eigenvalue weighted by molar-refractivity contribution is 0.227. The van der Waals surface area contributed by atoms with Gasteiger partial charge in [-0.2, -0.15) is 0 Å². The summed E-state index contributed by atoms with van der Waals surface area (Å²) in [6.07, 6.45) is 1.54. The molecule has 0 amide bonds. The normalized spacial score (nSPS) is 16.7. The molecule has 2 aliphatic rings. The monoisotopic (exact) mass is 456 g/mol. The molecule has 34 heavy (non-hydrogen) atoms. The number of hydrogen-bond donors (Lipinski definition) is 1. The van der Waals surface area contributed by atoms with Gasteiger partial charge in [0.1, 0.15) is 5.52 Å². The maximum Gasteiger partial charge on any atom is 0.363 e. The summed E-state index contributed by atoms with van der Waals surface area (Å²) in [5.41, 5.74) is 6.31. The average Bonchev–Trinajstić information content (AvgIpc) is 2.85. The van der Waals surface area contributed by atoms with Crippen molar-refractivity contribution in [2.75, 3.05) is 27.8 Å². The number of hydrogen-bond acceptors (Lipinski definition) is 7. The van der Waals surface area contributed by atoms with Crippen LogP contribution in [0.4, 0.5) is 0 Å². The van der Waals surface area contributed by atoms with Crippen LogP contribution in [0.3, 0.4) is 0 Å². The molecule has 0 spiro atoms. The van der Waals surface area contributed by atoms with Crippen LogP contribution >= 0.6 is 0 Å². The number of phenols is 1. The van der Waals surface area contributed by atoms with E-state index in [1.54, 1.807) is 14.2 Å². The zero-order valence-corrected chi connectivity index (χ0v) is 19.2. The van der Waals surface area contributed by atoms with E-state index in [9.17, 15) is 9.90 Å². The molecule has 7 heteroatoms. The third-order valence-electron chi connectivity index (χ3n) is 7.06. The van der Waals surface area contributed by atoms with Gasteiger partial charge in [-0.25, -0.2) is 9.78 Å². The first-order chi connectivity index (χ1) is 16.5. The molecular weight excluding hydrogens is 432 g/mol. The molecule has 3 aromatic carbocycles. The van der Waals surface area contributed by atoms with E-state index in [-0.39, 0.29) is 17.5 Å². The number of benzene rings is 3. The number of likely N-dealkylation sites (N-methyl/N-ethyl adjacent to an activating group) is 1. The Kier molecular flexibility index (Phi) is 4.64. The van der Waals surface area contributed by atoms with E-state index in [0.29, 0.717) is 34.6 Å². The largest absolute Gasteiger partial charge is 0.504 e. The van der Waals surface area contributed by atoms with E-state index in [0.717, 1.165) is 40.8 Å². The number of methoxy groups -OCH3 is 2. The van der Waals surface area contributed by atoms with Crippen LogP contribution < -0.4 is 15.1 Å². The smallest absolute Gasteiger partial charge is 0.363 e. The minimum atomic E-state index is -0.513. The molecule has 172 valence electrons. The van der Waals surface area contributed by atoms with Gasteiger partial charge in [-0.1, -0.05) is 30.3 Å². The number of ether oxygens (including phenoxy) is 2. The molecule has 1 atom stereocenters. The Hall–Kier alpha value is -3.84. The number of phenolic OH excluding ortho intramolecular Hbond substituents is 1. The first-order valence-electron chi connectivity index (χ1n) is 11.2. The standard InChI is InChI=1S/C27H24N2O5/c1-29-10-9-15-11-19(30)25(33-3)22-16-13-20(32-2)26-24(17(16)12-18(29)21(15)22)28-23(27(31)34-26)14-7-5-4-6-8-14/h4-8,11,13,18,30H,9-10,12H2,1-3H3/t18-/m0/s1. The second-order valence-electron chi connectivity index (χ2n) is 8.83. The van der Waals surface area contributed by atoms with Crippen molar-refractivity contribution in [2.45, 2.75) is 18.9 Å². The van der Waals surface area contributed by atoms with Crippen molar-refractivity contribution in [3.8, 4) is 39.6 Å². The van der Waals surface area contributed by atoms with Gasteiger partial charge in [0.25, 0.3) is 0 Å². The highest BCUT2D eigenvalue weighted by molar-refractivity contribution is 5.95. The predicted octanol–water partition coefficient (Wildman–Crippen LogP) is 4.33. The number of aromatic nitrogens is 1. The molecule has 7 nitrogen and oxygen atoms in total. The summed E-state index contributed by atoms with van der Waals surface area (Å²) in [5.74, 6) is 0.964. The Morgan fingerprint density at radius 2 is 1.94 bits per heavy atom. The van der Waals surface area contributed by atoms with E-state index >= 15 is 0 Å². The Labute approximate surface area is 196 Å². The summed E-state index contributed by atoms with van der Waals surface area (Å²) in [6.45, 7) is 0.879. The van der Waals surface area contributed by atoms with Crippen molar-refractivity contribution in [3.63, 3.8) is 0 Å². The maximum absolute atomic E-state index is 12.9. The fraction of sp³-hybridized carbons (Fsp3) is 0.259. The molecular formula is C27H24N2O5. The highest BCUT2D eigenvalue weighted by Crippen LogP contribution is 2.54. The highest BCUT2D eigenvalue weighted by atomic mass is 16.5. The maximum atomic E-state index is 12.9. The lowest BCUT2D eigenvalue weighted by Crippen LogP contribution is -2.35. The summed E-state index contributed by atoms with van der Waals surface area (Å²) in [5, 5.41) is 10.8. The van der Waals surface area contributed by atoms with Crippen molar-refractivity contribution >= 4 is 11.1 Å². The number of fused-ring (bicyclic) bond motifs is 4. The van der Waals surface area contributed by atoms with Gasteiger partial charge in [-0.15, -0.1) is 0 Å². The van der Waals surface area contributed by atoms with Crippen LogP contribution in [0, 0.1) is 0 Å². The van der Waals surface area contributed by atoms with Gasteiger partial charge in [0.2, 0.25) is 0 Å². The average molecular weight is 456 g/mol. The third-order valence-corrected chi connectivity index (χ3v) is 7.06. The molecule has 0 unspecified atom stereocenters. The summed E-state index contributed by atoms with van der Waals surface area (Å²) < 4.78 is 17.1. The van der Waals surface area contributed by atoms with Gasteiger partial charge in [0.05, 0.1) is 14.2 Å². The van der Waals surface area contributed by atoms with Crippen LogP contribution in [0.1, 0.15) is 22.7 Å². The minimum absolute atomic E-state index is 0.0891. The second-order valence-corrected chi connectivity index (χ2v) is 8.83. The molecule has 4 aromatic rings. The van der Waals surface area contributed by atoms with Gasteiger partial charge in [-0.05, 0) is 54.3 Å². The van der Waals surface area contributed by atoms with Gasteiger partial charge in [0, 0.05) is 23.7 Å². The van der Waals surface area contributed by atoms with E-state index < -0.39 is 5.63 Å². The zero-order chi connectivity index (χ0) is 23.6. The lowest BCUT2D eigenvalue weighted by Gasteiger charge is -2.40. The van der Waals surface area contributed by atoms with Gasteiger partial charge >= 0.3 is 5.63 Å². The molecule has 2 heterocycles. The van der Waals surface area contributed by atoms with E-state index in [1.807, 2.05) is 42.5 Å². The Morgan fingerprint density at radius 1 is 1.15 bits per heavy atom. The molecule has 6 rings (SSSR count). The first-order valence-corrected chi connectivity index (χ1v) is 11.2. The molecule has 0 saturated heterocycles. The van der Waals surface area contributed by atoms with Crippen LogP contribution in [0.2, 0.25) is 0 Å². The number of nitrogens with zero attached hydrogens (tertiary/aromatic N) is 2. The fourth-order valence-corrected chi connectivity index (χ4v) is 5.45. The second kappa shape index (κ2) is 7.60. The SMILES string of the molecule is COc1c(O)cc2c3c1-c1cc(OC)c4oc(=O)c(-c5ccccc5)nc4c1C[C@@H]3N(C)CC2. The molecule has 1 N–H and O–H groups in total. The van der Waals surface area contributed by atoms with Crippen LogP contribution in [0.15, 0.2) is 51.7 Å². The Morgan fingerprint density at radius 3 is 2.68 bits per heavy atom. The Bertz CT molecular complexity index is 1510. The van der Waals surface area contributed by atoms with Crippen molar-refractivity contribution in [2.24, 2.45) is 0 Å². The first kappa shape index (κ1) is 20.7. The molecule has 1 aliphatic heterocycles. The number of rotatable bonds is 3. The van der Waals surface area contributed by atoms with Crippen molar-refractivity contribution < 1.29 is 19.0 Å². The van der Waals surface area contributed by atoms with Gasteiger partial charge < -0.3 is 19.0 Å². The topological polar surface area (TPSA) is 85.0 Å². The van der Waals surface area contributed by atoms with Crippen molar-refractivity contribution in [3.05, 3.63) is 69.6 Å². The quantitative estimate of drug-likeness (QED) is 0.491. The van der Waals surface area contributed by atoms with Crippen molar-refractivity contribution in [1.29, 1.82) is 0 Å². The summed E-state index contributed by atoms with van der Waals surface area (Å²) in [4.78, 5) is 20.1. The van der Waals surface area contributed by atoms with Gasteiger partial charge in [-0.3, -0.25) is 4.90 Å². The number of aromatic hydroxyl groups is 1. The van der Waals surface area contributed by atoms with Crippen LogP contribution in [0.25, 0.3) is 33.5 Å². The third kappa shape index (κ3) is 2.86. The fourth-order valence-electron chi connectivity index (χ4n) is 5.45.